The minimum atomic E-state index is -1.18. The standard InChI is InChI=1S/C13H8BrF2IO/c14-10-6-11(15)9(5-12(10)16)13(18)7-2-1-3-8(17)4-7/h1-6,13,18H. The van der Waals surface area contributed by atoms with E-state index in [4.69, 9.17) is 0 Å². The average molecular weight is 425 g/mol. The van der Waals surface area contributed by atoms with Gasteiger partial charge in [0.15, 0.2) is 0 Å². The van der Waals surface area contributed by atoms with Crippen LogP contribution in [0, 0.1) is 15.2 Å². The summed E-state index contributed by atoms with van der Waals surface area (Å²) in [6.07, 6.45) is -1.18. The molecular formula is C13H8BrF2IO. The molecule has 2 aromatic carbocycles. The molecule has 1 atom stereocenters. The zero-order chi connectivity index (χ0) is 13.3. The van der Waals surface area contributed by atoms with Crippen LogP contribution in [0.25, 0.3) is 0 Å². The molecule has 0 fully saturated rings. The van der Waals surface area contributed by atoms with E-state index in [1.807, 2.05) is 6.07 Å². The predicted molar refractivity (Wildman–Crippen MR) is 77.3 cm³/mol. The van der Waals surface area contributed by atoms with Gasteiger partial charge >= 0.3 is 0 Å². The molecule has 0 aliphatic rings. The van der Waals surface area contributed by atoms with Crippen molar-refractivity contribution in [3.63, 3.8) is 0 Å². The van der Waals surface area contributed by atoms with Gasteiger partial charge in [0.2, 0.25) is 0 Å². The SMILES string of the molecule is OC(c1cccc(I)c1)c1cc(F)c(Br)cc1F. The molecule has 0 radical (unpaired) electrons. The van der Waals surface area contributed by atoms with Crippen molar-refractivity contribution in [2.24, 2.45) is 0 Å². The molecule has 0 amide bonds. The van der Waals surface area contributed by atoms with Crippen LogP contribution in [0.1, 0.15) is 17.2 Å². The first-order valence-corrected chi connectivity index (χ1v) is 6.94. The fourth-order valence-electron chi connectivity index (χ4n) is 1.60. The normalized spacial score (nSPS) is 12.5. The van der Waals surface area contributed by atoms with E-state index in [0.717, 1.165) is 15.7 Å². The predicted octanol–water partition coefficient (Wildman–Crippen LogP) is 4.41. The van der Waals surface area contributed by atoms with Crippen LogP contribution in [0.3, 0.4) is 0 Å². The zero-order valence-corrected chi connectivity index (χ0v) is 12.7. The van der Waals surface area contributed by atoms with E-state index in [0.29, 0.717) is 5.56 Å². The Labute approximate surface area is 125 Å². The maximum Gasteiger partial charge on any atom is 0.137 e. The Balaban J connectivity index is 2.46. The lowest BCUT2D eigenvalue weighted by molar-refractivity contribution is 0.214. The number of hydrogen-bond acceptors (Lipinski definition) is 1. The lowest BCUT2D eigenvalue weighted by Gasteiger charge is -2.13. The molecular weight excluding hydrogens is 417 g/mol. The second-order valence-electron chi connectivity index (χ2n) is 3.75. The van der Waals surface area contributed by atoms with Crippen LogP contribution in [0.5, 0.6) is 0 Å². The monoisotopic (exact) mass is 424 g/mol. The molecule has 0 bridgehead atoms. The van der Waals surface area contributed by atoms with Crippen molar-refractivity contribution >= 4 is 38.5 Å². The molecule has 18 heavy (non-hydrogen) atoms. The highest BCUT2D eigenvalue weighted by Crippen LogP contribution is 2.28. The summed E-state index contributed by atoms with van der Waals surface area (Å²) in [7, 11) is 0. The minimum absolute atomic E-state index is 0.0404. The van der Waals surface area contributed by atoms with Gasteiger partial charge in [0.25, 0.3) is 0 Å². The molecule has 0 aliphatic heterocycles. The quantitative estimate of drug-likeness (QED) is 0.559. The van der Waals surface area contributed by atoms with Crippen LogP contribution < -0.4 is 0 Å². The van der Waals surface area contributed by atoms with Crippen molar-refractivity contribution in [1.29, 1.82) is 0 Å². The molecule has 0 saturated carbocycles. The third-order valence-corrected chi connectivity index (χ3v) is 3.78. The summed E-state index contributed by atoms with van der Waals surface area (Å²) in [6.45, 7) is 0. The van der Waals surface area contributed by atoms with Gasteiger partial charge in [-0.25, -0.2) is 8.78 Å². The molecule has 1 N–H and O–H groups in total. The maximum atomic E-state index is 13.7. The molecule has 0 aromatic heterocycles. The Kier molecular flexibility index (Phi) is 4.34. The number of hydrogen-bond donors (Lipinski definition) is 1. The number of aliphatic hydroxyl groups is 1. The summed E-state index contributed by atoms with van der Waals surface area (Å²) in [5, 5.41) is 10.1. The number of rotatable bonds is 2. The Hall–Kier alpha value is -0.530. The van der Waals surface area contributed by atoms with Gasteiger partial charge in [0.05, 0.1) is 4.47 Å². The Morgan fingerprint density at radius 3 is 2.50 bits per heavy atom. The van der Waals surface area contributed by atoms with E-state index in [1.54, 1.807) is 18.2 Å². The summed E-state index contributed by atoms with van der Waals surface area (Å²) in [5.74, 6) is -1.24. The summed E-state index contributed by atoms with van der Waals surface area (Å²) in [4.78, 5) is 0. The first-order chi connectivity index (χ1) is 8.49. The van der Waals surface area contributed by atoms with Gasteiger partial charge in [-0.05, 0) is 68.3 Å². The highest BCUT2D eigenvalue weighted by Gasteiger charge is 2.17. The van der Waals surface area contributed by atoms with E-state index < -0.39 is 17.7 Å². The van der Waals surface area contributed by atoms with Crippen LogP contribution in [-0.2, 0) is 0 Å². The lowest BCUT2D eigenvalue weighted by Crippen LogP contribution is -2.04. The molecule has 5 heteroatoms. The fraction of sp³-hybridized carbons (Fsp3) is 0.0769. The first-order valence-electron chi connectivity index (χ1n) is 5.07. The first kappa shape index (κ1) is 13.9. The number of benzene rings is 2. The number of halogens is 4. The highest BCUT2D eigenvalue weighted by molar-refractivity contribution is 14.1. The zero-order valence-electron chi connectivity index (χ0n) is 9.00. The second-order valence-corrected chi connectivity index (χ2v) is 5.85. The molecule has 1 unspecified atom stereocenters. The second kappa shape index (κ2) is 5.63. The van der Waals surface area contributed by atoms with Crippen LogP contribution in [0.4, 0.5) is 8.78 Å². The van der Waals surface area contributed by atoms with Crippen LogP contribution in [0.2, 0.25) is 0 Å². The highest BCUT2D eigenvalue weighted by atomic mass is 127. The summed E-state index contributed by atoms with van der Waals surface area (Å²) < 4.78 is 28.1. The molecule has 1 nitrogen and oxygen atoms in total. The van der Waals surface area contributed by atoms with Gasteiger partial charge in [-0.2, -0.15) is 0 Å². The van der Waals surface area contributed by atoms with Crippen LogP contribution in [0.15, 0.2) is 40.9 Å². The maximum absolute atomic E-state index is 13.7. The van der Waals surface area contributed by atoms with E-state index in [1.165, 1.54) is 0 Å². The topological polar surface area (TPSA) is 20.2 Å². The lowest BCUT2D eigenvalue weighted by atomic mass is 10.0. The molecule has 0 saturated heterocycles. The molecule has 2 aromatic rings. The number of aliphatic hydroxyl groups excluding tert-OH is 1. The molecule has 0 aliphatic carbocycles. The van der Waals surface area contributed by atoms with Crippen molar-refractivity contribution in [3.05, 3.63) is 67.2 Å². The Morgan fingerprint density at radius 2 is 1.83 bits per heavy atom. The van der Waals surface area contributed by atoms with E-state index >= 15 is 0 Å². The van der Waals surface area contributed by atoms with Gasteiger partial charge < -0.3 is 5.11 Å². The molecule has 0 spiro atoms. The molecule has 94 valence electrons. The van der Waals surface area contributed by atoms with Crippen molar-refractivity contribution < 1.29 is 13.9 Å². The van der Waals surface area contributed by atoms with Crippen molar-refractivity contribution in [2.45, 2.75) is 6.10 Å². The van der Waals surface area contributed by atoms with E-state index in [-0.39, 0.29) is 10.0 Å². The van der Waals surface area contributed by atoms with Gasteiger partial charge in [-0.1, -0.05) is 12.1 Å². The van der Waals surface area contributed by atoms with Crippen molar-refractivity contribution in [3.8, 4) is 0 Å². The van der Waals surface area contributed by atoms with Crippen LogP contribution >= 0.6 is 38.5 Å². The Morgan fingerprint density at radius 1 is 1.11 bits per heavy atom. The summed E-state index contributed by atoms with van der Waals surface area (Å²) in [6, 6.07) is 9.03. The van der Waals surface area contributed by atoms with Crippen LogP contribution in [-0.4, -0.2) is 5.11 Å². The largest absolute Gasteiger partial charge is 0.384 e. The van der Waals surface area contributed by atoms with E-state index in [2.05, 4.69) is 38.5 Å². The smallest absolute Gasteiger partial charge is 0.137 e. The molecule has 2 rings (SSSR count). The third-order valence-electron chi connectivity index (χ3n) is 2.50. The van der Waals surface area contributed by atoms with Gasteiger partial charge in [0.1, 0.15) is 17.7 Å². The summed E-state index contributed by atoms with van der Waals surface area (Å²) >= 11 is 4.99. The van der Waals surface area contributed by atoms with Gasteiger partial charge in [-0.15, -0.1) is 0 Å². The van der Waals surface area contributed by atoms with Gasteiger partial charge in [0, 0.05) is 9.13 Å². The van der Waals surface area contributed by atoms with Crippen molar-refractivity contribution in [1.82, 2.24) is 0 Å². The van der Waals surface area contributed by atoms with E-state index in [9.17, 15) is 13.9 Å². The third kappa shape index (κ3) is 2.89. The summed E-state index contributed by atoms with van der Waals surface area (Å²) in [5.41, 5.74) is 0.459. The fourth-order valence-corrected chi connectivity index (χ4v) is 2.49. The average Bonchev–Trinajstić information content (AvgIpc) is 2.33. The Bertz CT molecular complexity index is 589. The molecule has 0 heterocycles. The van der Waals surface area contributed by atoms with Crippen molar-refractivity contribution in [2.75, 3.05) is 0 Å². The minimum Gasteiger partial charge on any atom is -0.384 e. The van der Waals surface area contributed by atoms with Gasteiger partial charge in [-0.3, -0.25) is 0 Å².